The van der Waals surface area contributed by atoms with Crippen molar-refractivity contribution in [1.82, 2.24) is 19.9 Å². The predicted octanol–water partition coefficient (Wildman–Crippen LogP) is 3.09. The van der Waals surface area contributed by atoms with Gasteiger partial charge in [0, 0.05) is 50.6 Å². The summed E-state index contributed by atoms with van der Waals surface area (Å²) in [6.07, 6.45) is 2.54. The Hall–Kier alpha value is -4.18. The molecule has 0 unspecified atom stereocenters. The number of fused-ring (bicyclic) bond motifs is 2. The van der Waals surface area contributed by atoms with E-state index in [1.54, 1.807) is 20.4 Å². The molecule has 0 aliphatic carbocycles. The summed E-state index contributed by atoms with van der Waals surface area (Å²) in [7, 11) is 3.21. The van der Waals surface area contributed by atoms with Crippen LogP contribution in [0.4, 0.5) is 17.6 Å². The number of nitrogens with two attached hydrogens (primary N) is 1. The quantitative estimate of drug-likeness (QED) is 0.440. The van der Waals surface area contributed by atoms with Gasteiger partial charge in [0.15, 0.2) is 11.5 Å². The zero-order chi connectivity index (χ0) is 25.4. The zero-order valence-corrected chi connectivity index (χ0v) is 21.0. The van der Waals surface area contributed by atoms with Gasteiger partial charge in [-0.3, -0.25) is 4.98 Å². The number of aromatic nitrogens is 4. The Morgan fingerprint density at radius 2 is 1.81 bits per heavy atom. The SMILES string of the molecule is COc1cc2nc(N3CCc4nc(N5CCOCC5)ccc4C3)nc(N)c2c(-c2ccccn2)c1OC. The first-order valence-corrected chi connectivity index (χ1v) is 12.4. The van der Waals surface area contributed by atoms with Crippen LogP contribution in [0.25, 0.3) is 22.2 Å². The van der Waals surface area contributed by atoms with E-state index in [4.69, 9.17) is 34.9 Å². The van der Waals surface area contributed by atoms with E-state index in [2.05, 4.69) is 26.9 Å². The van der Waals surface area contributed by atoms with Gasteiger partial charge in [0.05, 0.1) is 49.6 Å². The second-order valence-electron chi connectivity index (χ2n) is 9.05. The number of benzene rings is 1. The molecule has 0 bridgehead atoms. The van der Waals surface area contributed by atoms with Gasteiger partial charge in [0.25, 0.3) is 0 Å². The van der Waals surface area contributed by atoms with Crippen LogP contribution in [0.15, 0.2) is 42.6 Å². The first-order chi connectivity index (χ1) is 18.2. The first-order valence-electron chi connectivity index (χ1n) is 12.4. The maximum absolute atomic E-state index is 6.58. The van der Waals surface area contributed by atoms with E-state index in [0.29, 0.717) is 52.0 Å². The minimum absolute atomic E-state index is 0.369. The van der Waals surface area contributed by atoms with Crippen molar-refractivity contribution in [1.29, 1.82) is 0 Å². The van der Waals surface area contributed by atoms with Crippen molar-refractivity contribution < 1.29 is 14.2 Å². The van der Waals surface area contributed by atoms with Gasteiger partial charge in [-0.1, -0.05) is 12.1 Å². The number of pyridine rings is 2. The van der Waals surface area contributed by atoms with Crippen molar-refractivity contribution in [2.75, 3.05) is 62.6 Å². The van der Waals surface area contributed by atoms with Crippen molar-refractivity contribution in [3.05, 3.63) is 53.9 Å². The summed E-state index contributed by atoms with van der Waals surface area (Å²) in [5.41, 5.74) is 11.0. The van der Waals surface area contributed by atoms with Crippen molar-refractivity contribution in [2.24, 2.45) is 0 Å². The fourth-order valence-corrected chi connectivity index (χ4v) is 5.07. The molecule has 37 heavy (non-hydrogen) atoms. The Kier molecular flexibility index (Phi) is 6.09. The Morgan fingerprint density at radius 3 is 2.57 bits per heavy atom. The van der Waals surface area contributed by atoms with E-state index in [-0.39, 0.29) is 0 Å². The molecule has 10 nitrogen and oxygen atoms in total. The molecule has 2 N–H and O–H groups in total. The fourth-order valence-electron chi connectivity index (χ4n) is 5.07. The van der Waals surface area contributed by atoms with Crippen molar-refractivity contribution in [3.63, 3.8) is 0 Å². The number of methoxy groups -OCH3 is 2. The molecule has 190 valence electrons. The molecule has 1 aromatic carbocycles. The van der Waals surface area contributed by atoms with Crippen LogP contribution in [0.3, 0.4) is 0 Å². The minimum Gasteiger partial charge on any atom is -0.493 e. The summed E-state index contributed by atoms with van der Waals surface area (Å²) in [6, 6.07) is 11.8. The Bertz CT molecular complexity index is 1440. The van der Waals surface area contributed by atoms with Crippen LogP contribution in [0.1, 0.15) is 11.3 Å². The second kappa shape index (κ2) is 9.70. The first kappa shape index (κ1) is 23.2. The van der Waals surface area contributed by atoms with Crippen molar-refractivity contribution >= 4 is 28.5 Å². The topological polar surface area (TPSA) is 112 Å². The van der Waals surface area contributed by atoms with Crippen LogP contribution in [-0.4, -0.2) is 67.0 Å². The molecule has 0 radical (unpaired) electrons. The van der Waals surface area contributed by atoms with E-state index in [1.165, 1.54) is 5.56 Å². The Morgan fingerprint density at radius 1 is 0.946 bits per heavy atom. The molecule has 0 saturated carbocycles. The maximum atomic E-state index is 6.58. The highest BCUT2D eigenvalue weighted by Gasteiger charge is 2.25. The molecular weight excluding hydrogens is 470 g/mol. The molecule has 4 aromatic rings. The predicted molar refractivity (Wildman–Crippen MR) is 142 cm³/mol. The van der Waals surface area contributed by atoms with Crippen molar-refractivity contribution in [2.45, 2.75) is 13.0 Å². The number of anilines is 3. The van der Waals surface area contributed by atoms with Crippen LogP contribution in [-0.2, 0) is 17.7 Å². The number of nitrogen functional groups attached to an aromatic ring is 1. The molecule has 1 fully saturated rings. The molecule has 2 aliphatic heterocycles. The molecule has 0 atom stereocenters. The number of ether oxygens (including phenoxy) is 3. The molecule has 1 saturated heterocycles. The summed E-state index contributed by atoms with van der Waals surface area (Å²) >= 11 is 0. The summed E-state index contributed by atoms with van der Waals surface area (Å²) in [5, 5.41) is 0.689. The van der Waals surface area contributed by atoms with Gasteiger partial charge in [0.2, 0.25) is 5.95 Å². The third-order valence-electron chi connectivity index (χ3n) is 6.92. The summed E-state index contributed by atoms with van der Waals surface area (Å²) in [6.45, 7) is 4.64. The molecule has 10 heteroatoms. The average molecular weight is 500 g/mol. The van der Waals surface area contributed by atoms with E-state index < -0.39 is 0 Å². The summed E-state index contributed by atoms with van der Waals surface area (Å²) in [4.78, 5) is 23.6. The Balaban J connectivity index is 1.37. The third-order valence-corrected chi connectivity index (χ3v) is 6.92. The van der Waals surface area contributed by atoms with E-state index in [0.717, 1.165) is 50.8 Å². The minimum atomic E-state index is 0.369. The fraction of sp³-hybridized carbons (Fsp3) is 0.333. The van der Waals surface area contributed by atoms with E-state index in [1.807, 2.05) is 24.3 Å². The number of nitrogens with zero attached hydrogens (tertiary/aromatic N) is 6. The summed E-state index contributed by atoms with van der Waals surface area (Å²) in [5.74, 6) is 3.07. The monoisotopic (exact) mass is 499 g/mol. The molecule has 3 aromatic heterocycles. The molecule has 0 amide bonds. The lowest BCUT2D eigenvalue weighted by Crippen LogP contribution is -2.37. The van der Waals surface area contributed by atoms with Gasteiger partial charge in [-0.15, -0.1) is 0 Å². The molecule has 2 aliphatic rings. The maximum Gasteiger partial charge on any atom is 0.228 e. The number of hydrogen-bond donors (Lipinski definition) is 1. The van der Waals surface area contributed by atoms with Gasteiger partial charge in [-0.25, -0.2) is 9.97 Å². The van der Waals surface area contributed by atoms with Crippen LogP contribution < -0.4 is 25.0 Å². The van der Waals surface area contributed by atoms with Gasteiger partial charge < -0.3 is 29.7 Å². The number of rotatable bonds is 5. The lowest BCUT2D eigenvalue weighted by Gasteiger charge is -2.31. The highest BCUT2D eigenvalue weighted by Crippen LogP contribution is 2.44. The van der Waals surface area contributed by atoms with E-state index in [9.17, 15) is 0 Å². The average Bonchev–Trinajstić information content (AvgIpc) is 2.96. The highest BCUT2D eigenvalue weighted by atomic mass is 16.5. The second-order valence-corrected chi connectivity index (χ2v) is 9.05. The lowest BCUT2D eigenvalue weighted by molar-refractivity contribution is 0.122. The third kappa shape index (κ3) is 4.23. The Labute approximate surface area is 215 Å². The zero-order valence-electron chi connectivity index (χ0n) is 21.0. The largest absolute Gasteiger partial charge is 0.493 e. The van der Waals surface area contributed by atoms with Crippen LogP contribution in [0, 0.1) is 0 Å². The van der Waals surface area contributed by atoms with Gasteiger partial charge in [0.1, 0.15) is 11.6 Å². The van der Waals surface area contributed by atoms with Crippen LogP contribution >= 0.6 is 0 Å². The molecule has 0 spiro atoms. The van der Waals surface area contributed by atoms with Crippen LogP contribution in [0.5, 0.6) is 11.5 Å². The van der Waals surface area contributed by atoms with Gasteiger partial charge in [-0.05, 0) is 23.8 Å². The van der Waals surface area contributed by atoms with Crippen molar-refractivity contribution in [3.8, 4) is 22.8 Å². The molecular formula is C27H29N7O3. The smallest absolute Gasteiger partial charge is 0.228 e. The van der Waals surface area contributed by atoms with Gasteiger partial charge >= 0.3 is 0 Å². The van der Waals surface area contributed by atoms with E-state index >= 15 is 0 Å². The lowest BCUT2D eigenvalue weighted by atomic mass is 10.0. The summed E-state index contributed by atoms with van der Waals surface area (Å²) < 4.78 is 16.9. The highest BCUT2D eigenvalue weighted by molar-refractivity contribution is 6.05. The van der Waals surface area contributed by atoms with Crippen LogP contribution in [0.2, 0.25) is 0 Å². The number of hydrogen-bond acceptors (Lipinski definition) is 10. The molecule has 6 rings (SSSR count). The molecule has 5 heterocycles. The number of morpholine rings is 1. The standard InChI is InChI=1S/C27H29N7O3/c1-35-21-15-20-24(23(25(21)36-2)19-5-3-4-9-29-19)26(28)32-27(31-20)34-10-8-18-17(16-34)6-7-22(30-18)33-11-13-37-14-12-33/h3-7,9,15H,8,10-14,16H2,1-2H3,(H2,28,31,32). The van der Waals surface area contributed by atoms with Gasteiger partial charge in [-0.2, -0.15) is 4.98 Å². The normalized spacial score (nSPS) is 15.5.